The van der Waals surface area contributed by atoms with Gasteiger partial charge in [-0.2, -0.15) is 0 Å². The van der Waals surface area contributed by atoms with E-state index in [1.807, 2.05) is 6.07 Å². The topological polar surface area (TPSA) is 52.6 Å². The zero-order valence-corrected chi connectivity index (χ0v) is 12.2. The van der Waals surface area contributed by atoms with Crippen LogP contribution in [0.1, 0.15) is 38.1 Å². The molecule has 0 fully saturated rings. The Hall–Kier alpha value is -1.55. The van der Waals surface area contributed by atoms with E-state index >= 15 is 0 Å². The summed E-state index contributed by atoms with van der Waals surface area (Å²) in [6, 6.07) is 7.97. The molecule has 1 aromatic carbocycles. The first-order valence-electron chi connectivity index (χ1n) is 6.75. The fourth-order valence-electron chi connectivity index (χ4n) is 2.26. The van der Waals surface area contributed by atoms with Crippen molar-refractivity contribution < 1.29 is 9.90 Å². The van der Waals surface area contributed by atoms with Crippen LogP contribution in [0.2, 0.25) is 0 Å². The molecular formula is C15H24N2O2. The second kappa shape index (κ2) is 7.14. The highest BCUT2D eigenvalue weighted by Crippen LogP contribution is 2.14. The first-order valence-corrected chi connectivity index (χ1v) is 6.75. The minimum absolute atomic E-state index is 0.322. The van der Waals surface area contributed by atoms with Gasteiger partial charge in [0.25, 0.3) is 0 Å². The highest BCUT2D eigenvalue weighted by molar-refractivity contribution is 5.94. The normalized spacial score (nSPS) is 11.3. The summed E-state index contributed by atoms with van der Waals surface area (Å²) in [5.41, 5.74) is 1.01. The van der Waals surface area contributed by atoms with Gasteiger partial charge >= 0.3 is 5.97 Å². The summed E-state index contributed by atoms with van der Waals surface area (Å²) in [4.78, 5) is 13.5. The van der Waals surface area contributed by atoms with Crippen LogP contribution in [0.5, 0.6) is 0 Å². The molecule has 0 aromatic heterocycles. The third kappa shape index (κ3) is 4.56. The van der Waals surface area contributed by atoms with Gasteiger partial charge in [0.2, 0.25) is 0 Å². The zero-order chi connectivity index (χ0) is 14.4. The lowest BCUT2D eigenvalue weighted by Gasteiger charge is -2.30. The molecule has 0 heterocycles. The molecule has 1 rings (SSSR count). The van der Waals surface area contributed by atoms with Crippen molar-refractivity contribution in [1.29, 1.82) is 0 Å². The third-order valence-electron chi connectivity index (χ3n) is 3.17. The van der Waals surface area contributed by atoms with Gasteiger partial charge in [-0.1, -0.05) is 12.1 Å². The second-order valence-electron chi connectivity index (χ2n) is 5.20. The van der Waals surface area contributed by atoms with Crippen molar-refractivity contribution in [3.8, 4) is 0 Å². The zero-order valence-electron chi connectivity index (χ0n) is 12.2. The van der Waals surface area contributed by atoms with Gasteiger partial charge in [-0.05, 0) is 39.8 Å². The average molecular weight is 264 g/mol. The van der Waals surface area contributed by atoms with E-state index in [4.69, 9.17) is 5.11 Å². The minimum Gasteiger partial charge on any atom is -0.478 e. The molecule has 106 valence electrons. The number of carboxylic acids is 1. The van der Waals surface area contributed by atoms with Crippen LogP contribution < -0.4 is 5.32 Å². The van der Waals surface area contributed by atoms with Crippen LogP contribution in [-0.4, -0.2) is 41.1 Å². The number of carbonyl (C=O) groups is 1. The Bertz CT molecular complexity index is 408. The van der Waals surface area contributed by atoms with Gasteiger partial charge in [0, 0.05) is 30.9 Å². The van der Waals surface area contributed by atoms with E-state index in [0.717, 1.165) is 13.1 Å². The highest BCUT2D eigenvalue weighted by Gasteiger charge is 2.13. The fraction of sp³-hybridized carbons (Fsp3) is 0.533. The molecule has 0 saturated heterocycles. The molecule has 2 N–H and O–H groups in total. The maximum atomic E-state index is 11.1. The third-order valence-corrected chi connectivity index (χ3v) is 3.17. The van der Waals surface area contributed by atoms with Gasteiger partial charge in [-0.15, -0.1) is 0 Å². The van der Waals surface area contributed by atoms with Gasteiger partial charge in [-0.3, -0.25) is 4.90 Å². The summed E-state index contributed by atoms with van der Waals surface area (Å²) in [5, 5.41) is 12.3. The predicted octanol–water partition coefficient (Wildman–Crippen LogP) is 2.92. The van der Waals surface area contributed by atoms with Crippen LogP contribution in [0, 0.1) is 0 Å². The number of anilines is 1. The smallest absolute Gasteiger partial charge is 0.337 e. The Kier molecular flexibility index (Phi) is 5.83. The van der Waals surface area contributed by atoms with Crippen LogP contribution in [-0.2, 0) is 0 Å². The molecular weight excluding hydrogens is 240 g/mol. The molecule has 4 nitrogen and oxygen atoms in total. The second-order valence-corrected chi connectivity index (χ2v) is 5.20. The van der Waals surface area contributed by atoms with Crippen molar-refractivity contribution in [3.63, 3.8) is 0 Å². The summed E-state index contributed by atoms with van der Waals surface area (Å²) in [6.07, 6.45) is 0. The molecule has 0 radical (unpaired) electrons. The molecule has 0 unspecified atom stereocenters. The summed E-state index contributed by atoms with van der Waals surface area (Å²) >= 11 is 0. The maximum absolute atomic E-state index is 11.1. The minimum atomic E-state index is -0.896. The van der Waals surface area contributed by atoms with Crippen LogP contribution in [0.15, 0.2) is 24.3 Å². The molecule has 4 heteroatoms. The van der Waals surface area contributed by atoms with Crippen LogP contribution in [0.4, 0.5) is 5.69 Å². The van der Waals surface area contributed by atoms with E-state index in [0.29, 0.717) is 23.3 Å². The van der Waals surface area contributed by atoms with E-state index in [-0.39, 0.29) is 0 Å². The first kappa shape index (κ1) is 15.5. The Balaban J connectivity index is 2.60. The number of carboxylic acid groups (broad SMARTS) is 1. The Labute approximate surface area is 115 Å². The number of hydrogen-bond donors (Lipinski definition) is 2. The maximum Gasteiger partial charge on any atom is 0.337 e. The Morgan fingerprint density at radius 2 is 1.79 bits per heavy atom. The molecule has 0 saturated carbocycles. The SMILES string of the molecule is CC(C)N(CCNc1ccccc1C(=O)O)C(C)C. The van der Waals surface area contributed by atoms with E-state index < -0.39 is 5.97 Å². The standard InChI is InChI=1S/C15H24N2O2/c1-11(2)17(12(3)4)10-9-16-14-8-6-5-7-13(14)15(18)19/h5-8,11-12,16H,9-10H2,1-4H3,(H,18,19). The van der Waals surface area contributed by atoms with E-state index in [1.54, 1.807) is 18.2 Å². The van der Waals surface area contributed by atoms with Crippen LogP contribution in [0.3, 0.4) is 0 Å². The van der Waals surface area contributed by atoms with Gasteiger partial charge in [-0.25, -0.2) is 4.79 Å². The molecule has 0 spiro atoms. The summed E-state index contributed by atoms with van der Waals surface area (Å²) < 4.78 is 0. The number of hydrogen-bond acceptors (Lipinski definition) is 3. The Morgan fingerprint density at radius 1 is 1.21 bits per heavy atom. The van der Waals surface area contributed by atoms with E-state index in [2.05, 4.69) is 37.9 Å². The highest BCUT2D eigenvalue weighted by atomic mass is 16.4. The van der Waals surface area contributed by atoms with E-state index in [1.165, 1.54) is 0 Å². The summed E-state index contributed by atoms with van der Waals surface area (Å²) in [6.45, 7) is 10.3. The number of benzene rings is 1. The molecule has 0 aliphatic rings. The molecule has 0 atom stereocenters. The lowest BCUT2D eigenvalue weighted by Crippen LogP contribution is -2.40. The molecule has 19 heavy (non-hydrogen) atoms. The van der Waals surface area contributed by atoms with Crippen molar-refractivity contribution in [2.45, 2.75) is 39.8 Å². The number of aromatic carboxylic acids is 1. The number of nitrogens with zero attached hydrogens (tertiary/aromatic N) is 1. The van der Waals surface area contributed by atoms with Crippen molar-refractivity contribution in [3.05, 3.63) is 29.8 Å². The lowest BCUT2D eigenvalue weighted by atomic mass is 10.2. The average Bonchev–Trinajstić information content (AvgIpc) is 2.33. The number of para-hydroxylation sites is 1. The largest absolute Gasteiger partial charge is 0.478 e. The van der Waals surface area contributed by atoms with Crippen LogP contribution >= 0.6 is 0 Å². The van der Waals surface area contributed by atoms with Gasteiger partial charge in [0.05, 0.1) is 5.56 Å². The van der Waals surface area contributed by atoms with Crippen LogP contribution in [0.25, 0.3) is 0 Å². The van der Waals surface area contributed by atoms with Crippen molar-refractivity contribution >= 4 is 11.7 Å². The van der Waals surface area contributed by atoms with Gasteiger partial charge < -0.3 is 10.4 Å². The van der Waals surface area contributed by atoms with Gasteiger partial charge in [0.1, 0.15) is 0 Å². The molecule has 0 aliphatic carbocycles. The van der Waals surface area contributed by atoms with E-state index in [9.17, 15) is 4.79 Å². The molecule has 1 aromatic rings. The molecule has 0 amide bonds. The van der Waals surface area contributed by atoms with Crippen molar-refractivity contribution in [2.24, 2.45) is 0 Å². The molecule has 0 bridgehead atoms. The number of nitrogens with one attached hydrogen (secondary N) is 1. The van der Waals surface area contributed by atoms with Crippen molar-refractivity contribution in [1.82, 2.24) is 4.90 Å². The van der Waals surface area contributed by atoms with Crippen molar-refractivity contribution in [2.75, 3.05) is 18.4 Å². The summed E-state index contributed by atoms with van der Waals surface area (Å²) in [7, 11) is 0. The fourth-order valence-corrected chi connectivity index (χ4v) is 2.26. The number of rotatable bonds is 7. The Morgan fingerprint density at radius 3 is 2.32 bits per heavy atom. The molecule has 0 aliphatic heterocycles. The first-order chi connectivity index (χ1) is 8.93. The predicted molar refractivity (Wildman–Crippen MR) is 78.9 cm³/mol. The quantitative estimate of drug-likeness (QED) is 0.795. The summed E-state index contributed by atoms with van der Waals surface area (Å²) in [5.74, 6) is -0.896. The monoisotopic (exact) mass is 264 g/mol. The van der Waals surface area contributed by atoms with Gasteiger partial charge in [0.15, 0.2) is 0 Å². The lowest BCUT2D eigenvalue weighted by molar-refractivity contribution is 0.0698.